The Morgan fingerprint density at radius 1 is 1.21 bits per heavy atom. The van der Waals surface area contributed by atoms with Gasteiger partial charge in [-0.2, -0.15) is 0 Å². The topological polar surface area (TPSA) is 30.7 Å². The first-order chi connectivity index (χ1) is 6.68. The molecule has 0 N–H and O–H groups in total. The fourth-order valence-electron chi connectivity index (χ4n) is 1.16. The van der Waals surface area contributed by atoms with Crippen LogP contribution in [0.1, 0.15) is 5.69 Å². The fourth-order valence-corrected chi connectivity index (χ4v) is 1.74. The summed E-state index contributed by atoms with van der Waals surface area (Å²) in [5, 5.41) is 8.89. The molecule has 0 spiro atoms. The van der Waals surface area contributed by atoms with Crippen molar-refractivity contribution in [2.45, 2.75) is 6.92 Å². The maximum absolute atomic E-state index is 6.00. The molecule has 0 bridgehead atoms. The van der Waals surface area contributed by atoms with Gasteiger partial charge in [-0.3, -0.25) is 0 Å². The molecule has 1 aromatic heterocycles. The van der Waals surface area contributed by atoms with Crippen molar-refractivity contribution in [1.82, 2.24) is 15.0 Å². The summed E-state index contributed by atoms with van der Waals surface area (Å²) in [6.45, 7) is 1.86. The van der Waals surface area contributed by atoms with Gasteiger partial charge in [0.2, 0.25) is 0 Å². The summed E-state index contributed by atoms with van der Waals surface area (Å²) < 4.78 is 1.57. The minimum absolute atomic E-state index is 0.558. The lowest BCUT2D eigenvalue weighted by molar-refractivity contribution is 0.801. The molecule has 0 radical (unpaired) electrons. The highest BCUT2D eigenvalue weighted by Crippen LogP contribution is 2.27. The van der Waals surface area contributed by atoms with E-state index in [9.17, 15) is 0 Å². The van der Waals surface area contributed by atoms with Gasteiger partial charge >= 0.3 is 0 Å². The van der Waals surface area contributed by atoms with E-state index in [1.807, 2.05) is 6.92 Å². The van der Waals surface area contributed by atoms with Crippen LogP contribution in [0.2, 0.25) is 10.0 Å². The third-order valence-corrected chi connectivity index (χ3v) is 2.38. The Morgan fingerprint density at radius 3 is 2.36 bits per heavy atom. The van der Waals surface area contributed by atoms with E-state index in [-0.39, 0.29) is 0 Å². The summed E-state index contributed by atoms with van der Waals surface area (Å²) in [6, 6.07) is 5.32. The summed E-state index contributed by atoms with van der Waals surface area (Å²) in [7, 11) is 0. The van der Waals surface area contributed by atoms with Gasteiger partial charge in [0, 0.05) is 0 Å². The quantitative estimate of drug-likeness (QED) is 0.751. The highest BCUT2D eigenvalue weighted by molar-refractivity contribution is 6.37. The summed E-state index contributed by atoms with van der Waals surface area (Å²) in [6.07, 6.45) is 1.77. The molecule has 2 aromatic rings. The second kappa shape index (κ2) is 3.59. The van der Waals surface area contributed by atoms with Crippen LogP contribution in [0.15, 0.2) is 24.4 Å². The number of rotatable bonds is 1. The average molecular weight is 228 g/mol. The molecule has 3 nitrogen and oxygen atoms in total. The minimum Gasteiger partial charge on any atom is -0.217 e. The molecule has 0 atom stereocenters. The lowest BCUT2D eigenvalue weighted by Gasteiger charge is -2.04. The molecule has 5 heteroatoms. The second-order valence-electron chi connectivity index (χ2n) is 2.87. The first-order valence-electron chi connectivity index (χ1n) is 4.02. The van der Waals surface area contributed by atoms with Crippen molar-refractivity contribution in [2.75, 3.05) is 0 Å². The van der Waals surface area contributed by atoms with Crippen molar-refractivity contribution < 1.29 is 0 Å². The zero-order valence-corrected chi connectivity index (χ0v) is 8.92. The van der Waals surface area contributed by atoms with Crippen molar-refractivity contribution >= 4 is 23.2 Å². The van der Waals surface area contributed by atoms with Crippen LogP contribution in [0, 0.1) is 6.92 Å². The zero-order chi connectivity index (χ0) is 10.1. The van der Waals surface area contributed by atoms with Gasteiger partial charge in [-0.15, -0.1) is 5.10 Å². The summed E-state index contributed by atoms with van der Waals surface area (Å²) in [4.78, 5) is 0. The first kappa shape index (κ1) is 9.49. The van der Waals surface area contributed by atoms with E-state index >= 15 is 0 Å². The van der Waals surface area contributed by atoms with Crippen LogP contribution in [0.25, 0.3) is 5.69 Å². The molecule has 1 heterocycles. The third kappa shape index (κ3) is 1.61. The predicted molar refractivity (Wildman–Crippen MR) is 56.1 cm³/mol. The normalized spacial score (nSPS) is 10.5. The monoisotopic (exact) mass is 227 g/mol. The average Bonchev–Trinajstić information content (AvgIpc) is 2.51. The van der Waals surface area contributed by atoms with Crippen molar-refractivity contribution in [2.24, 2.45) is 0 Å². The fraction of sp³-hybridized carbons (Fsp3) is 0.111. The number of halogens is 2. The van der Waals surface area contributed by atoms with Crippen molar-refractivity contribution in [3.8, 4) is 5.69 Å². The highest BCUT2D eigenvalue weighted by atomic mass is 35.5. The molecule has 0 saturated heterocycles. The number of aryl methyl sites for hydroxylation is 1. The van der Waals surface area contributed by atoms with Crippen LogP contribution < -0.4 is 0 Å². The zero-order valence-electron chi connectivity index (χ0n) is 7.41. The standard InChI is InChI=1S/C9H7Cl2N3/c1-6-5-14(13-12-6)9-7(10)3-2-4-8(9)11/h2-5H,1H3. The number of hydrogen-bond acceptors (Lipinski definition) is 2. The van der Waals surface area contributed by atoms with Gasteiger partial charge in [0.1, 0.15) is 5.69 Å². The maximum atomic E-state index is 6.00. The SMILES string of the molecule is Cc1cn(-c2c(Cl)cccc2Cl)nn1. The van der Waals surface area contributed by atoms with Gasteiger partial charge in [0.25, 0.3) is 0 Å². The van der Waals surface area contributed by atoms with Gasteiger partial charge in [-0.25, -0.2) is 4.68 Å². The minimum atomic E-state index is 0.558. The Balaban J connectivity index is 2.61. The third-order valence-electron chi connectivity index (χ3n) is 1.77. The van der Waals surface area contributed by atoms with Gasteiger partial charge in [-0.1, -0.05) is 34.5 Å². The van der Waals surface area contributed by atoms with Gasteiger partial charge in [0.05, 0.1) is 21.9 Å². The summed E-state index contributed by atoms with van der Waals surface area (Å²) in [5.41, 5.74) is 1.48. The number of nitrogens with zero attached hydrogens (tertiary/aromatic N) is 3. The van der Waals surface area contributed by atoms with Crippen molar-refractivity contribution in [3.05, 3.63) is 40.1 Å². The summed E-state index contributed by atoms with van der Waals surface area (Å²) >= 11 is 12.0. The molecule has 0 aliphatic rings. The largest absolute Gasteiger partial charge is 0.217 e. The van der Waals surface area contributed by atoms with Crippen LogP contribution in [-0.4, -0.2) is 15.0 Å². The van der Waals surface area contributed by atoms with Crippen LogP contribution in [0.4, 0.5) is 0 Å². The molecule has 0 saturated carbocycles. The Labute approximate surface area is 91.3 Å². The number of benzene rings is 1. The Kier molecular flexibility index (Phi) is 2.44. The molecule has 0 fully saturated rings. The van der Waals surface area contributed by atoms with E-state index < -0.39 is 0 Å². The van der Waals surface area contributed by atoms with Crippen LogP contribution in [0.5, 0.6) is 0 Å². The molecule has 1 aromatic carbocycles. The molecule has 2 rings (SSSR count). The van der Waals surface area contributed by atoms with Gasteiger partial charge in [0.15, 0.2) is 0 Å². The molecule has 0 aliphatic carbocycles. The van der Waals surface area contributed by atoms with Crippen molar-refractivity contribution in [1.29, 1.82) is 0 Å². The van der Waals surface area contributed by atoms with Crippen LogP contribution in [0.3, 0.4) is 0 Å². The number of para-hydroxylation sites is 1. The molecule has 72 valence electrons. The Hall–Kier alpha value is -1.06. The Morgan fingerprint density at radius 2 is 1.86 bits per heavy atom. The van der Waals surface area contributed by atoms with Gasteiger partial charge in [-0.05, 0) is 19.1 Å². The molecular weight excluding hydrogens is 221 g/mol. The van der Waals surface area contributed by atoms with Crippen LogP contribution >= 0.6 is 23.2 Å². The lowest BCUT2D eigenvalue weighted by atomic mass is 10.3. The lowest BCUT2D eigenvalue weighted by Crippen LogP contribution is -1.96. The molecule has 0 aliphatic heterocycles. The smallest absolute Gasteiger partial charge is 0.104 e. The second-order valence-corrected chi connectivity index (χ2v) is 3.69. The van der Waals surface area contributed by atoms with Crippen molar-refractivity contribution in [3.63, 3.8) is 0 Å². The number of aromatic nitrogens is 3. The maximum Gasteiger partial charge on any atom is 0.104 e. The van der Waals surface area contributed by atoms with Crippen LogP contribution in [-0.2, 0) is 0 Å². The molecule has 14 heavy (non-hydrogen) atoms. The van der Waals surface area contributed by atoms with E-state index in [0.29, 0.717) is 15.7 Å². The molecular formula is C9H7Cl2N3. The highest BCUT2D eigenvalue weighted by Gasteiger charge is 2.08. The Bertz CT molecular complexity index is 445. The first-order valence-corrected chi connectivity index (χ1v) is 4.77. The van der Waals surface area contributed by atoms with Gasteiger partial charge < -0.3 is 0 Å². The predicted octanol–water partition coefficient (Wildman–Crippen LogP) is 2.88. The number of hydrogen-bond donors (Lipinski definition) is 0. The molecule has 0 amide bonds. The van der Waals surface area contributed by atoms with E-state index in [1.165, 1.54) is 0 Å². The van der Waals surface area contributed by atoms with E-state index in [0.717, 1.165) is 5.69 Å². The van der Waals surface area contributed by atoms with E-state index in [2.05, 4.69) is 10.3 Å². The van der Waals surface area contributed by atoms with E-state index in [4.69, 9.17) is 23.2 Å². The summed E-state index contributed by atoms with van der Waals surface area (Å²) in [5.74, 6) is 0. The van der Waals surface area contributed by atoms with E-state index in [1.54, 1.807) is 29.1 Å². The molecule has 0 unspecified atom stereocenters.